The second-order valence-corrected chi connectivity index (χ2v) is 11.3. The summed E-state index contributed by atoms with van der Waals surface area (Å²) < 4.78 is 6.56. The van der Waals surface area contributed by atoms with Crippen molar-refractivity contribution in [3.05, 3.63) is 76.6 Å². The summed E-state index contributed by atoms with van der Waals surface area (Å²) in [6, 6.07) is 10.2. The minimum absolute atomic E-state index is 0.187. The first-order chi connectivity index (χ1) is 17.2. The topological polar surface area (TPSA) is 73.2 Å². The number of aliphatic hydroxyl groups is 2. The van der Waals surface area contributed by atoms with Crippen molar-refractivity contribution in [1.29, 1.82) is 0 Å². The van der Waals surface area contributed by atoms with E-state index in [0.29, 0.717) is 23.8 Å². The van der Waals surface area contributed by atoms with Crippen molar-refractivity contribution in [2.45, 2.75) is 56.5 Å². The first kappa shape index (κ1) is 23.7. The number of nitrogens with zero attached hydrogens (tertiary/aromatic N) is 2. The van der Waals surface area contributed by atoms with Gasteiger partial charge in [0.05, 0.1) is 5.70 Å². The smallest absolute Gasteiger partial charge is 0.200 e. The number of rotatable bonds is 5. The van der Waals surface area contributed by atoms with Gasteiger partial charge < -0.3 is 24.7 Å². The fourth-order valence-corrected chi connectivity index (χ4v) is 7.68. The van der Waals surface area contributed by atoms with Gasteiger partial charge in [0.1, 0.15) is 18.0 Å². The molecular formula is C30H36N2O4. The van der Waals surface area contributed by atoms with Crippen LogP contribution in [-0.2, 0) is 9.53 Å². The van der Waals surface area contributed by atoms with Crippen LogP contribution in [0.1, 0.15) is 38.2 Å². The second-order valence-electron chi connectivity index (χ2n) is 11.3. The van der Waals surface area contributed by atoms with E-state index >= 15 is 0 Å². The van der Waals surface area contributed by atoms with Crippen LogP contribution in [0.2, 0.25) is 0 Å². The van der Waals surface area contributed by atoms with Gasteiger partial charge >= 0.3 is 0 Å². The molecule has 6 rings (SSSR count). The van der Waals surface area contributed by atoms with Gasteiger partial charge in [-0.1, -0.05) is 55.5 Å². The minimum Gasteiger partial charge on any atom is -0.487 e. The Morgan fingerprint density at radius 1 is 1.22 bits per heavy atom. The van der Waals surface area contributed by atoms with Crippen molar-refractivity contribution >= 4 is 11.5 Å². The zero-order valence-corrected chi connectivity index (χ0v) is 21.6. The molecule has 0 radical (unpaired) electrons. The fourth-order valence-electron chi connectivity index (χ4n) is 7.68. The van der Waals surface area contributed by atoms with Crippen LogP contribution in [0.5, 0.6) is 0 Å². The maximum atomic E-state index is 14.4. The van der Waals surface area contributed by atoms with Gasteiger partial charge in [-0.2, -0.15) is 0 Å². The van der Waals surface area contributed by atoms with E-state index in [-0.39, 0.29) is 18.1 Å². The Hall–Kier alpha value is -2.67. The summed E-state index contributed by atoms with van der Waals surface area (Å²) >= 11 is 0. The monoisotopic (exact) mass is 488 g/mol. The molecule has 1 saturated carbocycles. The van der Waals surface area contributed by atoms with Gasteiger partial charge in [-0.25, -0.2) is 0 Å². The van der Waals surface area contributed by atoms with Crippen molar-refractivity contribution < 1.29 is 19.7 Å². The van der Waals surface area contributed by atoms with Crippen LogP contribution in [0.25, 0.3) is 5.70 Å². The summed E-state index contributed by atoms with van der Waals surface area (Å²) in [6.45, 7) is 2.86. The van der Waals surface area contributed by atoms with E-state index in [2.05, 4.69) is 24.1 Å². The minimum atomic E-state index is -1.78. The van der Waals surface area contributed by atoms with Crippen molar-refractivity contribution in [2.75, 3.05) is 27.7 Å². The molecule has 6 nitrogen and oxygen atoms in total. The van der Waals surface area contributed by atoms with Crippen LogP contribution in [-0.4, -0.2) is 77.3 Å². The summed E-state index contributed by atoms with van der Waals surface area (Å²) in [4.78, 5) is 18.7. The fraction of sp³-hybridized carbons (Fsp3) is 0.500. The summed E-state index contributed by atoms with van der Waals surface area (Å²) in [6.07, 6.45) is 7.20. The van der Waals surface area contributed by atoms with Gasteiger partial charge in [0, 0.05) is 49.0 Å². The van der Waals surface area contributed by atoms with Gasteiger partial charge in [0.15, 0.2) is 5.60 Å². The van der Waals surface area contributed by atoms with Crippen LogP contribution in [0.15, 0.2) is 71.0 Å². The lowest BCUT2D eigenvalue weighted by Gasteiger charge is -2.58. The van der Waals surface area contributed by atoms with E-state index in [1.807, 2.05) is 62.3 Å². The molecule has 2 fully saturated rings. The molecule has 190 valence electrons. The SMILES string of the molecule is CC/C(C(=O)C1(O)CC=C2C[C@@H]3[C@@H]4C=C[C@H](O)[C@@H]5OC1=C2[C@]45CCN3C)=C(\c1ccccc1)N(C)C. The number of ether oxygens (including phenoxy) is 1. The number of ketones is 1. The van der Waals surface area contributed by atoms with Gasteiger partial charge in [-0.05, 0) is 44.0 Å². The lowest BCUT2D eigenvalue weighted by atomic mass is 9.51. The van der Waals surface area contributed by atoms with E-state index in [1.165, 1.54) is 5.57 Å². The van der Waals surface area contributed by atoms with Crippen LogP contribution in [0.3, 0.4) is 0 Å². The van der Waals surface area contributed by atoms with Crippen molar-refractivity contribution in [3.63, 3.8) is 0 Å². The first-order valence-electron chi connectivity index (χ1n) is 13.1. The molecule has 1 unspecified atom stereocenters. The molecular weight excluding hydrogens is 452 g/mol. The van der Waals surface area contributed by atoms with Crippen LogP contribution in [0, 0.1) is 11.3 Å². The number of piperidine rings is 1. The average Bonchev–Trinajstić information content (AvgIpc) is 3.23. The average molecular weight is 489 g/mol. The molecule has 6 atom stereocenters. The molecule has 5 aliphatic rings. The third kappa shape index (κ3) is 2.98. The number of hydrogen-bond donors (Lipinski definition) is 2. The highest BCUT2D eigenvalue weighted by Crippen LogP contribution is 2.66. The number of aliphatic hydroxyl groups excluding tert-OH is 1. The van der Waals surface area contributed by atoms with E-state index in [9.17, 15) is 15.0 Å². The summed E-state index contributed by atoms with van der Waals surface area (Å²) in [5.74, 6) is 0.275. The van der Waals surface area contributed by atoms with Crippen molar-refractivity contribution in [2.24, 2.45) is 11.3 Å². The molecule has 1 aromatic carbocycles. The lowest BCUT2D eigenvalue weighted by molar-refractivity contribution is -0.137. The summed E-state index contributed by atoms with van der Waals surface area (Å²) in [5, 5.41) is 23.3. The van der Waals surface area contributed by atoms with Gasteiger partial charge in [0.2, 0.25) is 5.78 Å². The molecule has 6 heteroatoms. The quantitative estimate of drug-likeness (QED) is 0.490. The molecule has 2 N–H and O–H groups in total. The van der Waals surface area contributed by atoms with Gasteiger partial charge in [-0.3, -0.25) is 4.79 Å². The maximum absolute atomic E-state index is 14.4. The van der Waals surface area contributed by atoms with Crippen molar-refractivity contribution in [1.82, 2.24) is 9.80 Å². The van der Waals surface area contributed by atoms with Crippen LogP contribution in [0.4, 0.5) is 0 Å². The zero-order chi connectivity index (χ0) is 25.4. The number of carbonyl (C=O) groups excluding carboxylic acids is 1. The van der Waals surface area contributed by atoms with E-state index in [4.69, 9.17) is 4.74 Å². The lowest BCUT2D eigenvalue weighted by Crippen LogP contribution is -2.62. The Bertz CT molecular complexity index is 1230. The molecule has 36 heavy (non-hydrogen) atoms. The van der Waals surface area contributed by atoms with Gasteiger partial charge in [-0.15, -0.1) is 0 Å². The van der Waals surface area contributed by atoms with E-state index in [1.54, 1.807) is 0 Å². The third-order valence-electron chi connectivity index (χ3n) is 9.28. The molecule has 0 aromatic heterocycles. The standard InChI is InChI=1S/C30H36N2O4/c1-5-20(25(31(2)3)18-9-7-6-8-10-18)26(34)30(35)14-13-19-17-22-21-11-12-23(33)27-29(21,15-16-32(22)4)24(19)28(30)36-27/h6-13,21-23,27,33,35H,5,14-17H2,1-4H3/b25-20-/t21-,22+,23-,27-,29-,30?/m0/s1. The number of benzene rings is 1. The molecule has 0 amide bonds. The highest BCUT2D eigenvalue weighted by Gasteiger charge is 2.68. The number of hydrogen-bond acceptors (Lipinski definition) is 6. The molecule has 1 saturated heterocycles. The third-order valence-corrected chi connectivity index (χ3v) is 9.28. The first-order valence-corrected chi connectivity index (χ1v) is 13.1. The molecule has 2 aliphatic heterocycles. The van der Waals surface area contributed by atoms with E-state index < -0.39 is 23.2 Å². The number of Topliss-reactive ketones (excluding diaryl/α,β-unsaturated/α-hetero) is 1. The Kier molecular flexibility index (Phi) is 5.38. The Morgan fingerprint density at radius 3 is 2.67 bits per heavy atom. The number of carbonyl (C=O) groups is 1. The second kappa shape index (κ2) is 8.17. The zero-order valence-electron chi connectivity index (χ0n) is 21.6. The largest absolute Gasteiger partial charge is 0.487 e. The Labute approximate surface area is 213 Å². The van der Waals surface area contributed by atoms with E-state index in [0.717, 1.165) is 36.2 Å². The van der Waals surface area contributed by atoms with Gasteiger partial charge in [0.25, 0.3) is 0 Å². The molecule has 1 spiro atoms. The van der Waals surface area contributed by atoms with Crippen molar-refractivity contribution in [3.8, 4) is 0 Å². The predicted octanol–water partition coefficient (Wildman–Crippen LogP) is 3.29. The summed E-state index contributed by atoms with van der Waals surface area (Å²) in [5.41, 5.74) is 2.32. The molecule has 3 aliphatic carbocycles. The van der Waals surface area contributed by atoms with Crippen LogP contribution < -0.4 is 0 Å². The highest BCUT2D eigenvalue weighted by molar-refractivity contribution is 6.09. The molecule has 2 bridgehead atoms. The summed E-state index contributed by atoms with van der Waals surface area (Å²) in [7, 11) is 6.04. The highest BCUT2D eigenvalue weighted by atomic mass is 16.5. The maximum Gasteiger partial charge on any atom is 0.200 e. The molecule has 1 aromatic rings. The molecule has 2 heterocycles. The predicted molar refractivity (Wildman–Crippen MR) is 139 cm³/mol. The van der Waals surface area contributed by atoms with Crippen LogP contribution >= 0.6 is 0 Å². The normalized spacial score (nSPS) is 37.1. The Morgan fingerprint density at radius 2 is 1.97 bits per heavy atom. The number of likely N-dealkylation sites (tertiary alicyclic amines) is 1. The Balaban J connectivity index is 1.51.